The molecule has 0 saturated carbocycles. The number of hydrogen-bond acceptors (Lipinski definition) is 4. The van der Waals surface area contributed by atoms with Gasteiger partial charge >= 0.3 is 0 Å². The molecule has 0 aromatic heterocycles. The third-order valence-electron chi connectivity index (χ3n) is 2.60. The predicted octanol–water partition coefficient (Wildman–Crippen LogP) is 3.29. The highest BCUT2D eigenvalue weighted by Gasteiger charge is 2.13. The van der Waals surface area contributed by atoms with Crippen LogP contribution in [0.1, 0.15) is 6.92 Å². The van der Waals surface area contributed by atoms with Gasteiger partial charge in [0.15, 0.2) is 11.5 Å². The summed E-state index contributed by atoms with van der Waals surface area (Å²) >= 11 is 3.27. The summed E-state index contributed by atoms with van der Waals surface area (Å²) < 4.78 is 34.3. The third kappa shape index (κ3) is 3.96. The molecule has 0 aliphatic carbocycles. The summed E-state index contributed by atoms with van der Waals surface area (Å²) in [5, 5.41) is 5.08. The second kappa shape index (κ2) is 6.46. The number of rotatable bonds is 5. The van der Waals surface area contributed by atoms with Gasteiger partial charge < -0.3 is 9.47 Å². The average molecular weight is 372 g/mol. The molecule has 21 heavy (non-hydrogen) atoms. The minimum Gasteiger partial charge on any atom is -0.490 e. The number of sulfonamides is 1. The number of ether oxygens (including phenoxy) is 2. The molecule has 5 nitrogen and oxygen atoms in total. The maximum Gasteiger partial charge on any atom is 0.238 e. The van der Waals surface area contributed by atoms with Crippen molar-refractivity contribution in [3.8, 4) is 17.2 Å². The van der Waals surface area contributed by atoms with Crippen LogP contribution >= 0.6 is 15.9 Å². The lowest BCUT2D eigenvalue weighted by atomic mass is 10.3. The molecule has 0 aliphatic rings. The fourth-order valence-corrected chi connectivity index (χ4v) is 2.82. The van der Waals surface area contributed by atoms with Crippen molar-refractivity contribution < 1.29 is 17.9 Å². The lowest BCUT2D eigenvalue weighted by Crippen LogP contribution is -2.11. The van der Waals surface area contributed by atoms with Gasteiger partial charge in [-0.05, 0) is 53.2 Å². The van der Waals surface area contributed by atoms with Crippen molar-refractivity contribution in [3.63, 3.8) is 0 Å². The van der Waals surface area contributed by atoms with Gasteiger partial charge in [-0.25, -0.2) is 13.6 Å². The maximum absolute atomic E-state index is 11.3. The maximum atomic E-state index is 11.3. The number of hydrogen-bond donors (Lipinski definition) is 1. The van der Waals surface area contributed by atoms with E-state index in [9.17, 15) is 8.42 Å². The molecule has 0 saturated heterocycles. The largest absolute Gasteiger partial charge is 0.490 e. The normalized spacial score (nSPS) is 11.2. The zero-order valence-electron chi connectivity index (χ0n) is 11.2. The Balaban J connectivity index is 2.33. The standard InChI is InChI=1S/C14H14BrNO4S/c1-2-19-13-5-3-4-6-14(13)20-12-8-7-10(9-11(12)15)21(16,17)18/h3-9H,2H2,1H3,(H2,16,17,18). The van der Waals surface area contributed by atoms with E-state index in [4.69, 9.17) is 14.6 Å². The van der Waals surface area contributed by atoms with E-state index < -0.39 is 10.0 Å². The fraction of sp³-hybridized carbons (Fsp3) is 0.143. The number of para-hydroxylation sites is 2. The van der Waals surface area contributed by atoms with E-state index in [0.717, 1.165) is 0 Å². The smallest absolute Gasteiger partial charge is 0.238 e. The van der Waals surface area contributed by atoms with Gasteiger partial charge in [-0.2, -0.15) is 0 Å². The second-order valence-corrected chi connectivity index (χ2v) is 6.53. The van der Waals surface area contributed by atoms with Gasteiger partial charge in [-0.1, -0.05) is 12.1 Å². The van der Waals surface area contributed by atoms with E-state index in [2.05, 4.69) is 15.9 Å². The molecule has 0 unspecified atom stereocenters. The van der Waals surface area contributed by atoms with Gasteiger partial charge in [0.05, 0.1) is 16.0 Å². The van der Waals surface area contributed by atoms with Crippen molar-refractivity contribution in [2.24, 2.45) is 5.14 Å². The van der Waals surface area contributed by atoms with Gasteiger partial charge in [-0.15, -0.1) is 0 Å². The lowest BCUT2D eigenvalue weighted by molar-refractivity contribution is 0.321. The van der Waals surface area contributed by atoms with Crippen LogP contribution in [-0.2, 0) is 10.0 Å². The first-order valence-corrected chi connectivity index (χ1v) is 8.47. The number of halogens is 1. The Morgan fingerprint density at radius 1 is 1.10 bits per heavy atom. The molecule has 2 N–H and O–H groups in total. The van der Waals surface area contributed by atoms with Crippen LogP contribution < -0.4 is 14.6 Å². The van der Waals surface area contributed by atoms with Crippen molar-refractivity contribution in [2.75, 3.05) is 6.61 Å². The zero-order valence-corrected chi connectivity index (χ0v) is 13.6. The summed E-state index contributed by atoms with van der Waals surface area (Å²) in [7, 11) is -3.74. The van der Waals surface area contributed by atoms with E-state index in [1.807, 2.05) is 19.1 Å². The first-order chi connectivity index (χ1) is 9.91. The first kappa shape index (κ1) is 15.8. The van der Waals surface area contributed by atoms with Crippen LogP contribution in [0.2, 0.25) is 0 Å². The second-order valence-electron chi connectivity index (χ2n) is 4.12. The molecule has 0 bridgehead atoms. The highest BCUT2D eigenvalue weighted by atomic mass is 79.9. The van der Waals surface area contributed by atoms with Crippen LogP contribution in [0, 0.1) is 0 Å². The van der Waals surface area contributed by atoms with E-state index in [-0.39, 0.29) is 4.90 Å². The van der Waals surface area contributed by atoms with Gasteiger partial charge in [0.25, 0.3) is 0 Å². The Hall–Kier alpha value is -1.57. The van der Waals surface area contributed by atoms with E-state index >= 15 is 0 Å². The zero-order chi connectivity index (χ0) is 15.5. The summed E-state index contributed by atoms with van der Waals surface area (Å²) in [6.45, 7) is 2.40. The van der Waals surface area contributed by atoms with Crippen LogP contribution in [0.15, 0.2) is 51.8 Å². The topological polar surface area (TPSA) is 78.6 Å². The Labute approximate surface area is 131 Å². The summed E-state index contributed by atoms with van der Waals surface area (Å²) in [6.07, 6.45) is 0. The molecular weight excluding hydrogens is 358 g/mol. The van der Waals surface area contributed by atoms with E-state index in [1.54, 1.807) is 12.1 Å². The molecule has 0 radical (unpaired) electrons. The van der Waals surface area contributed by atoms with Crippen molar-refractivity contribution >= 4 is 26.0 Å². The molecular formula is C14H14BrNO4S. The Morgan fingerprint density at radius 3 is 2.33 bits per heavy atom. The molecule has 112 valence electrons. The van der Waals surface area contributed by atoms with Crippen molar-refractivity contribution in [1.82, 2.24) is 0 Å². The molecule has 2 aromatic carbocycles. The van der Waals surface area contributed by atoms with Crippen LogP contribution in [0.25, 0.3) is 0 Å². The number of nitrogens with two attached hydrogens (primary N) is 1. The van der Waals surface area contributed by atoms with Crippen LogP contribution in [0.5, 0.6) is 17.2 Å². The highest BCUT2D eigenvalue weighted by Crippen LogP contribution is 2.35. The Kier molecular flexibility index (Phi) is 4.87. The summed E-state index contributed by atoms with van der Waals surface area (Å²) in [5.74, 6) is 1.63. The average Bonchev–Trinajstić information content (AvgIpc) is 2.42. The van der Waals surface area contributed by atoms with Crippen LogP contribution in [0.4, 0.5) is 0 Å². The molecule has 0 heterocycles. The van der Waals surface area contributed by atoms with Crippen molar-refractivity contribution in [3.05, 3.63) is 46.9 Å². The van der Waals surface area contributed by atoms with E-state index in [0.29, 0.717) is 28.3 Å². The molecule has 0 spiro atoms. The van der Waals surface area contributed by atoms with Crippen molar-refractivity contribution in [2.45, 2.75) is 11.8 Å². The molecule has 0 fully saturated rings. The predicted molar refractivity (Wildman–Crippen MR) is 83.2 cm³/mol. The van der Waals surface area contributed by atoms with Gasteiger partial charge in [-0.3, -0.25) is 0 Å². The summed E-state index contributed by atoms with van der Waals surface area (Å²) in [6, 6.07) is 11.6. The fourth-order valence-electron chi connectivity index (χ4n) is 1.67. The van der Waals surface area contributed by atoms with Gasteiger partial charge in [0, 0.05) is 0 Å². The number of benzene rings is 2. The SMILES string of the molecule is CCOc1ccccc1Oc1ccc(S(N)(=O)=O)cc1Br. The molecule has 7 heteroatoms. The minimum atomic E-state index is -3.74. The Bertz CT molecular complexity index is 746. The van der Waals surface area contributed by atoms with Crippen molar-refractivity contribution in [1.29, 1.82) is 0 Å². The molecule has 2 rings (SSSR count). The minimum absolute atomic E-state index is 0.0137. The third-order valence-corrected chi connectivity index (χ3v) is 4.13. The monoisotopic (exact) mass is 371 g/mol. The highest BCUT2D eigenvalue weighted by molar-refractivity contribution is 9.10. The molecule has 0 atom stereocenters. The van der Waals surface area contributed by atoms with E-state index in [1.165, 1.54) is 18.2 Å². The molecule has 2 aromatic rings. The number of primary sulfonamides is 1. The van der Waals surface area contributed by atoms with Crippen LogP contribution in [0.3, 0.4) is 0 Å². The Morgan fingerprint density at radius 2 is 1.76 bits per heavy atom. The van der Waals surface area contributed by atoms with Crippen LogP contribution in [-0.4, -0.2) is 15.0 Å². The summed E-state index contributed by atoms with van der Waals surface area (Å²) in [4.78, 5) is 0.0137. The van der Waals surface area contributed by atoms with Gasteiger partial charge in [0.2, 0.25) is 10.0 Å². The molecule has 0 amide bonds. The summed E-state index contributed by atoms with van der Waals surface area (Å²) in [5.41, 5.74) is 0. The first-order valence-electron chi connectivity index (χ1n) is 6.14. The quantitative estimate of drug-likeness (QED) is 0.874. The lowest BCUT2D eigenvalue weighted by Gasteiger charge is -2.12. The van der Waals surface area contributed by atoms with Gasteiger partial charge in [0.1, 0.15) is 5.75 Å². The molecule has 0 aliphatic heterocycles.